The van der Waals surface area contributed by atoms with Crippen LogP contribution >= 0.6 is 11.8 Å². The van der Waals surface area contributed by atoms with E-state index in [2.05, 4.69) is 16.9 Å². The van der Waals surface area contributed by atoms with E-state index >= 15 is 0 Å². The molecule has 0 saturated heterocycles. The van der Waals surface area contributed by atoms with Crippen molar-refractivity contribution in [3.05, 3.63) is 45.4 Å². The van der Waals surface area contributed by atoms with Crippen molar-refractivity contribution in [3.63, 3.8) is 0 Å². The van der Waals surface area contributed by atoms with Crippen LogP contribution in [0.15, 0.2) is 28.2 Å². The van der Waals surface area contributed by atoms with E-state index < -0.39 is 0 Å². The number of methoxy groups -OCH3 is 1. The van der Waals surface area contributed by atoms with Crippen molar-refractivity contribution in [1.29, 1.82) is 0 Å². The number of aromatic amines is 1. The van der Waals surface area contributed by atoms with Gasteiger partial charge in [0.2, 0.25) is 0 Å². The van der Waals surface area contributed by atoms with Crippen LogP contribution in [0.2, 0.25) is 0 Å². The molecule has 1 aromatic carbocycles. The van der Waals surface area contributed by atoms with Gasteiger partial charge in [0, 0.05) is 12.0 Å². The molecule has 1 N–H and O–H groups in total. The smallest absolute Gasteiger partial charge is 0.255 e. The maximum absolute atomic E-state index is 12.4. The van der Waals surface area contributed by atoms with Gasteiger partial charge < -0.3 is 14.5 Å². The maximum atomic E-state index is 12.4. The molecule has 0 aliphatic carbocycles. The van der Waals surface area contributed by atoms with E-state index in [-0.39, 0.29) is 5.56 Å². The Balaban J connectivity index is 2.36. The van der Waals surface area contributed by atoms with Gasteiger partial charge in [-0.3, -0.25) is 4.79 Å². The van der Waals surface area contributed by atoms with Gasteiger partial charge in [0.15, 0.2) is 16.7 Å². The van der Waals surface area contributed by atoms with Gasteiger partial charge in [-0.2, -0.15) is 0 Å². The molecule has 0 saturated carbocycles. The van der Waals surface area contributed by atoms with Crippen LogP contribution in [0.1, 0.15) is 37.1 Å². The quantitative estimate of drug-likeness (QED) is 0.585. The van der Waals surface area contributed by atoms with Crippen LogP contribution in [-0.4, -0.2) is 29.9 Å². The monoisotopic (exact) mass is 348 g/mol. The van der Waals surface area contributed by atoms with Gasteiger partial charge >= 0.3 is 0 Å². The van der Waals surface area contributed by atoms with E-state index in [9.17, 15) is 4.79 Å². The van der Waals surface area contributed by atoms with Crippen LogP contribution in [0.3, 0.4) is 0 Å². The lowest BCUT2D eigenvalue weighted by atomic mass is 10.0. The molecule has 2 aromatic rings. The van der Waals surface area contributed by atoms with E-state index in [1.54, 1.807) is 7.11 Å². The minimum absolute atomic E-state index is 0.0713. The zero-order valence-electron chi connectivity index (χ0n) is 14.6. The molecule has 0 aliphatic rings. The number of benzene rings is 1. The Morgan fingerprint density at radius 1 is 1.25 bits per heavy atom. The van der Waals surface area contributed by atoms with Crippen LogP contribution in [0.25, 0.3) is 0 Å². The van der Waals surface area contributed by atoms with Crippen molar-refractivity contribution in [3.8, 4) is 11.5 Å². The van der Waals surface area contributed by atoms with Crippen LogP contribution < -0.4 is 15.0 Å². The molecule has 0 unspecified atom stereocenters. The Hall–Kier alpha value is -1.95. The first-order chi connectivity index (χ1) is 11.6. The molecule has 130 valence electrons. The molecule has 0 radical (unpaired) electrons. The Labute approximate surface area is 146 Å². The van der Waals surface area contributed by atoms with E-state index in [0.29, 0.717) is 35.2 Å². The number of hydrogen-bond acceptors (Lipinski definition) is 5. The summed E-state index contributed by atoms with van der Waals surface area (Å²) in [6.45, 7) is 4.70. The molecule has 0 bridgehead atoms. The first-order valence-electron chi connectivity index (χ1n) is 8.08. The lowest BCUT2D eigenvalue weighted by molar-refractivity contribution is 0.294. The predicted molar refractivity (Wildman–Crippen MR) is 97.6 cm³/mol. The van der Waals surface area contributed by atoms with Crippen molar-refractivity contribution in [2.75, 3.05) is 20.0 Å². The van der Waals surface area contributed by atoms with Gasteiger partial charge in [-0.05, 0) is 36.8 Å². The van der Waals surface area contributed by atoms with Crippen molar-refractivity contribution in [2.45, 2.75) is 38.3 Å². The van der Waals surface area contributed by atoms with E-state index in [4.69, 9.17) is 9.47 Å². The van der Waals surface area contributed by atoms with Crippen LogP contribution in [0, 0.1) is 0 Å². The molecule has 0 amide bonds. The summed E-state index contributed by atoms with van der Waals surface area (Å²) >= 11 is 1.44. The third kappa shape index (κ3) is 4.32. The molecular weight excluding hydrogens is 324 g/mol. The average Bonchev–Trinajstić information content (AvgIpc) is 2.61. The van der Waals surface area contributed by atoms with Crippen molar-refractivity contribution in [1.82, 2.24) is 9.97 Å². The Morgan fingerprint density at radius 2 is 2.04 bits per heavy atom. The molecular formula is C18H24N2O3S. The van der Waals surface area contributed by atoms with Gasteiger partial charge in [-0.1, -0.05) is 31.7 Å². The summed E-state index contributed by atoms with van der Waals surface area (Å²) in [6.07, 6.45) is 4.07. The number of ether oxygens (including phenoxy) is 2. The Morgan fingerprint density at radius 3 is 2.67 bits per heavy atom. The number of aryl methyl sites for hydroxylation is 1. The summed E-state index contributed by atoms with van der Waals surface area (Å²) < 4.78 is 11.1. The van der Waals surface area contributed by atoms with E-state index in [1.165, 1.54) is 11.8 Å². The van der Waals surface area contributed by atoms with Crippen molar-refractivity contribution in [2.24, 2.45) is 0 Å². The first-order valence-corrected chi connectivity index (χ1v) is 9.31. The van der Waals surface area contributed by atoms with Gasteiger partial charge in [-0.25, -0.2) is 4.98 Å². The Bertz CT molecular complexity index is 744. The predicted octanol–water partition coefficient (Wildman–Crippen LogP) is 3.44. The number of rotatable bonds is 8. The molecule has 0 spiro atoms. The summed E-state index contributed by atoms with van der Waals surface area (Å²) in [5.41, 5.74) is 2.48. The summed E-state index contributed by atoms with van der Waals surface area (Å²) in [7, 11) is 1.62. The topological polar surface area (TPSA) is 64.2 Å². The lowest BCUT2D eigenvalue weighted by Crippen LogP contribution is -2.19. The zero-order chi connectivity index (χ0) is 17.5. The number of thioether (sulfide) groups is 1. The fourth-order valence-electron chi connectivity index (χ4n) is 2.45. The molecule has 1 heterocycles. The first kappa shape index (κ1) is 18.4. The highest BCUT2D eigenvalue weighted by Gasteiger charge is 2.13. The minimum atomic E-state index is -0.0713. The van der Waals surface area contributed by atoms with Crippen LogP contribution in [0.4, 0.5) is 0 Å². The third-order valence-electron chi connectivity index (χ3n) is 3.68. The molecule has 1 aromatic heterocycles. The maximum Gasteiger partial charge on any atom is 0.255 e. The molecule has 24 heavy (non-hydrogen) atoms. The number of aromatic nitrogens is 2. The molecule has 6 heteroatoms. The minimum Gasteiger partial charge on any atom is -0.493 e. The number of hydrogen-bond donors (Lipinski definition) is 1. The molecule has 0 atom stereocenters. The van der Waals surface area contributed by atoms with Crippen LogP contribution in [0.5, 0.6) is 11.5 Å². The summed E-state index contributed by atoms with van der Waals surface area (Å²) in [4.78, 5) is 19.8. The molecule has 2 rings (SSSR count). The van der Waals surface area contributed by atoms with E-state index in [0.717, 1.165) is 24.1 Å². The fraction of sp³-hybridized carbons (Fsp3) is 0.444. The summed E-state index contributed by atoms with van der Waals surface area (Å²) in [5, 5.41) is 0.655. The van der Waals surface area contributed by atoms with Gasteiger partial charge in [0.1, 0.15) is 0 Å². The lowest BCUT2D eigenvalue weighted by Gasteiger charge is -2.13. The number of H-pyrrole nitrogens is 1. The van der Waals surface area contributed by atoms with Crippen molar-refractivity contribution < 1.29 is 9.47 Å². The van der Waals surface area contributed by atoms with Gasteiger partial charge in [0.25, 0.3) is 5.56 Å². The Kier molecular flexibility index (Phi) is 6.73. The van der Waals surface area contributed by atoms with Crippen molar-refractivity contribution >= 4 is 11.8 Å². The van der Waals surface area contributed by atoms with Crippen LogP contribution in [-0.2, 0) is 12.8 Å². The zero-order valence-corrected chi connectivity index (χ0v) is 15.5. The highest BCUT2D eigenvalue weighted by atomic mass is 32.2. The van der Waals surface area contributed by atoms with Gasteiger partial charge in [0.05, 0.1) is 19.4 Å². The second kappa shape index (κ2) is 8.78. The SMILES string of the molecule is CCCOc1cc(Cc2c(CC)nc(SC)[nH]c2=O)ccc1OC. The highest BCUT2D eigenvalue weighted by Crippen LogP contribution is 2.29. The summed E-state index contributed by atoms with van der Waals surface area (Å²) in [5.74, 6) is 1.41. The molecule has 0 fully saturated rings. The number of nitrogens with zero attached hydrogens (tertiary/aromatic N) is 1. The molecule has 0 aliphatic heterocycles. The molecule has 5 nitrogen and oxygen atoms in total. The normalized spacial score (nSPS) is 10.7. The average molecular weight is 348 g/mol. The largest absolute Gasteiger partial charge is 0.493 e. The van der Waals surface area contributed by atoms with Gasteiger partial charge in [-0.15, -0.1) is 0 Å². The van der Waals surface area contributed by atoms with E-state index in [1.807, 2.05) is 31.4 Å². The standard InChI is InChI=1S/C18H24N2O3S/c1-5-9-23-16-11-12(7-8-15(16)22-3)10-13-14(6-2)19-18(24-4)20-17(13)21/h7-8,11H,5-6,9-10H2,1-4H3,(H,19,20,21). The second-order valence-electron chi connectivity index (χ2n) is 5.36. The second-order valence-corrected chi connectivity index (χ2v) is 6.16. The highest BCUT2D eigenvalue weighted by molar-refractivity contribution is 7.98. The third-order valence-corrected chi connectivity index (χ3v) is 4.26. The summed E-state index contributed by atoms with van der Waals surface area (Å²) in [6, 6.07) is 5.78. The number of nitrogens with one attached hydrogen (secondary N) is 1. The fourth-order valence-corrected chi connectivity index (χ4v) is 2.85.